The average Bonchev–Trinajstić information content (AvgIpc) is 3.07. The number of nitrogens with one attached hydrogen (secondary N) is 2. The Kier molecular flexibility index (Phi) is 6.90. The Morgan fingerprint density at radius 2 is 2.10 bits per heavy atom. The maximum atomic E-state index is 13.5. The van der Waals surface area contributed by atoms with Gasteiger partial charge in [0.2, 0.25) is 5.91 Å². The molecule has 30 heavy (non-hydrogen) atoms. The van der Waals surface area contributed by atoms with Crippen molar-refractivity contribution in [3.8, 4) is 0 Å². The highest BCUT2D eigenvalue weighted by Gasteiger charge is 2.32. The topological polar surface area (TPSA) is 95.1 Å². The first-order valence-corrected chi connectivity index (χ1v) is 10.5. The minimum absolute atomic E-state index is 0.00632. The number of hydrogen-bond donors (Lipinski definition) is 3. The molecule has 0 aliphatic heterocycles. The Labute approximate surface area is 176 Å². The molecule has 3 rings (SSSR count). The molecule has 1 aromatic carbocycles. The van der Waals surface area contributed by atoms with Crippen LogP contribution in [-0.4, -0.2) is 33.5 Å². The van der Waals surface area contributed by atoms with E-state index in [4.69, 9.17) is 5.11 Å². The van der Waals surface area contributed by atoms with Gasteiger partial charge in [-0.15, -0.1) is 0 Å². The van der Waals surface area contributed by atoms with Gasteiger partial charge in [0.05, 0.1) is 17.5 Å². The molecule has 3 N–H and O–H groups in total. The predicted octanol–water partition coefficient (Wildman–Crippen LogP) is 4.08. The summed E-state index contributed by atoms with van der Waals surface area (Å²) in [5.74, 6) is 0.803. The van der Waals surface area contributed by atoms with Gasteiger partial charge in [-0.25, -0.2) is 9.37 Å². The summed E-state index contributed by atoms with van der Waals surface area (Å²) >= 11 is 0. The number of carboxylic acids is 1. The highest BCUT2D eigenvalue weighted by atomic mass is 19.1. The molecule has 3 atom stereocenters. The van der Waals surface area contributed by atoms with Crippen LogP contribution in [0.25, 0.3) is 11.0 Å². The van der Waals surface area contributed by atoms with Gasteiger partial charge >= 0.3 is 5.97 Å². The van der Waals surface area contributed by atoms with E-state index in [-0.39, 0.29) is 30.5 Å². The van der Waals surface area contributed by atoms with Crippen molar-refractivity contribution in [1.82, 2.24) is 15.3 Å². The zero-order valence-electron chi connectivity index (χ0n) is 17.7. The van der Waals surface area contributed by atoms with Crippen LogP contribution < -0.4 is 5.32 Å². The number of hydrogen-bond acceptors (Lipinski definition) is 3. The molecule has 1 aliphatic carbocycles. The number of H-pyrrole nitrogens is 1. The van der Waals surface area contributed by atoms with E-state index in [9.17, 15) is 14.0 Å². The minimum atomic E-state index is -0.963. The van der Waals surface area contributed by atoms with E-state index < -0.39 is 5.97 Å². The fourth-order valence-corrected chi connectivity index (χ4v) is 4.41. The van der Waals surface area contributed by atoms with Crippen molar-refractivity contribution in [3.05, 3.63) is 41.5 Å². The van der Waals surface area contributed by atoms with E-state index in [1.165, 1.54) is 17.7 Å². The number of carbonyl (C=O) groups is 2. The number of nitrogens with zero attached hydrogens (tertiary/aromatic N) is 1. The van der Waals surface area contributed by atoms with E-state index in [0.717, 1.165) is 24.2 Å². The Morgan fingerprint density at radius 3 is 2.80 bits per heavy atom. The zero-order valence-corrected chi connectivity index (χ0v) is 17.7. The monoisotopic (exact) mass is 415 g/mol. The van der Waals surface area contributed by atoms with Gasteiger partial charge in [0.1, 0.15) is 11.6 Å². The van der Waals surface area contributed by atoms with Crippen LogP contribution in [0.4, 0.5) is 4.39 Å². The van der Waals surface area contributed by atoms with E-state index >= 15 is 0 Å². The van der Waals surface area contributed by atoms with Crippen molar-refractivity contribution < 1.29 is 19.1 Å². The van der Waals surface area contributed by atoms with Gasteiger partial charge in [0.25, 0.3) is 0 Å². The highest BCUT2D eigenvalue weighted by Crippen LogP contribution is 2.38. The maximum absolute atomic E-state index is 13.5. The van der Waals surface area contributed by atoms with Gasteiger partial charge in [0.15, 0.2) is 0 Å². The molecule has 0 saturated heterocycles. The lowest BCUT2D eigenvalue weighted by Crippen LogP contribution is -2.37. The second kappa shape index (κ2) is 9.41. The van der Waals surface area contributed by atoms with Crippen LogP contribution in [0.1, 0.15) is 45.9 Å². The number of aromatic amines is 1. The molecular formula is C23H30FN3O3. The molecule has 1 amide bonds. The SMILES string of the molecule is CC1=C[C@@H](CNC(=O)CCC(=O)O)[C@H](C(C)C)C[C@H]1Cc1nc2ccc(F)cc2[nH]1. The molecule has 0 bridgehead atoms. The van der Waals surface area contributed by atoms with Crippen LogP contribution in [-0.2, 0) is 16.0 Å². The zero-order chi connectivity index (χ0) is 21.8. The molecule has 7 heteroatoms. The number of carbonyl (C=O) groups excluding carboxylic acids is 1. The third-order valence-electron chi connectivity index (χ3n) is 6.12. The Balaban J connectivity index is 1.68. The second-order valence-electron chi connectivity index (χ2n) is 8.66. The lowest BCUT2D eigenvalue weighted by atomic mass is 9.70. The number of rotatable bonds is 8. The van der Waals surface area contributed by atoms with Gasteiger partial charge in [-0.05, 0) is 55.2 Å². The van der Waals surface area contributed by atoms with Crippen molar-refractivity contribution >= 4 is 22.9 Å². The quantitative estimate of drug-likeness (QED) is 0.566. The van der Waals surface area contributed by atoms with Crippen molar-refractivity contribution in [3.63, 3.8) is 0 Å². The molecule has 0 fully saturated rings. The third-order valence-corrected chi connectivity index (χ3v) is 6.12. The molecule has 162 valence electrons. The predicted molar refractivity (Wildman–Crippen MR) is 113 cm³/mol. The molecule has 1 aromatic heterocycles. The number of allylic oxidation sites excluding steroid dienone is 1. The largest absolute Gasteiger partial charge is 0.481 e. The first-order chi connectivity index (χ1) is 14.2. The lowest BCUT2D eigenvalue weighted by Gasteiger charge is -2.37. The molecule has 1 aliphatic rings. The number of amides is 1. The summed E-state index contributed by atoms with van der Waals surface area (Å²) < 4.78 is 13.5. The number of aliphatic carboxylic acids is 1. The number of halogens is 1. The van der Waals surface area contributed by atoms with Crippen LogP contribution in [0.2, 0.25) is 0 Å². The van der Waals surface area contributed by atoms with Gasteiger partial charge in [-0.3, -0.25) is 9.59 Å². The van der Waals surface area contributed by atoms with Gasteiger partial charge in [-0.1, -0.05) is 25.5 Å². The summed E-state index contributed by atoms with van der Waals surface area (Å²) in [5, 5.41) is 11.6. The van der Waals surface area contributed by atoms with Gasteiger partial charge < -0.3 is 15.4 Å². The number of carboxylic acid groups (broad SMARTS) is 1. The summed E-state index contributed by atoms with van der Waals surface area (Å²) in [5.41, 5.74) is 2.75. The van der Waals surface area contributed by atoms with Crippen molar-refractivity contribution in [2.75, 3.05) is 6.54 Å². The average molecular weight is 416 g/mol. The third kappa shape index (κ3) is 5.46. The van der Waals surface area contributed by atoms with Crippen LogP contribution in [0.15, 0.2) is 29.8 Å². The highest BCUT2D eigenvalue weighted by molar-refractivity contribution is 5.80. The number of aromatic nitrogens is 2. The molecule has 1 heterocycles. The van der Waals surface area contributed by atoms with Crippen molar-refractivity contribution in [2.45, 2.75) is 46.5 Å². The van der Waals surface area contributed by atoms with Crippen LogP contribution >= 0.6 is 0 Å². The fourth-order valence-electron chi connectivity index (χ4n) is 4.41. The van der Waals surface area contributed by atoms with E-state index in [1.54, 1.807) is 6.07 Å². The molecule has 0 unspecified atom stereocenters. The molecular weight excluding hydrogens is 385 g/mol. The summed E-state index contributed by atoms with van der Waals surface area (Å²) in [7, 11) is 0. The Hall–Kier alpha value is -2.70. The Morgan fingerprint density at radius 1 is 1.33 bits per heavy atom. The normalized spacial score (nSPS) is 21.6. The Bertz CT molecular complexity index is 950. The van der Waals surface area contributed by atoms with Crippen LogP contribution in [0.3, 0.4) is 0 Å². The van der Waals surface area contributed by atoms with E-state index in [1.807, 2.05) is 0 Å². The van der Waals surface area contributed by atoms with Crippen molar-refractivity contribution in [1.29, 1.82) is 0 Å². The van der Waals surface area contributed by atoms with E-state index in [0.29, 0.717) is 29.8 Å². The van der Waals surface area contributed by atoms with E-state index in [2.05, 4.69) is 42.1 Å². The molecule has 0 saturated carbocycles. The number of benzene rings is 1. The standard InChI is InChI=1S/C23H30FN3O3/c1-13(2)18-9-15(10-21-26-19-5-4-17(24)11-20(19)27-21)14(3)8-16(18)12-25-22(28)6-7-23(29)30/h4-5,8,11,13,15-16,18H,6-7,9-10,12H2,1-3H3,(H,25,28)(H,26,27)(H,29,30)/t15-,16-,18-/m0/s1. The van der Waals surface area contributed by atoms with Gasteiger partial charge in [-0.2, -0.15) is 0 Å². The van der Waals surface area contributed by atoms with Crippen molar-refractivity contribution in [2.24, 2.45) is 23.7 Å². The number of fused-ring (bicyclic) bond motifs is 1. The first kappa shape index (κ1) is 22.0. The molecule has 0 spiro atoms. The summed E-state index contributed by atoms with van der Waals surface area (Å²) in [6.45, 7) is 7.02. The minimum Gasteiger partial charge on any atom is -0.481 e. The van der Waals surface area contributed by atoms with Crippen LogP contribution in [0, 0.1) is 29.5 Å². The molecule has 2 aromatic rings. The number of imidazole rings is 1. The lowest BCUT2D eigenvalue weighted by molar-refractivity contribution is -0.138. The van der Waals surface area contributed by atoms with Gasteiger partial charge in [0, 0.05) is 19.4 Å². The maximum Gasteiger partial charge on any atom is 0.303 e. The molecule has 0 radical (unpaired) electrons. The van der Waals surface area contributed by atoms with Crippen LogP contribution in [0.5, 0.6) is 0 Å². The first-order valence-electron chi connectivity index (χ1n) is 10.5. The summed E-state index contributed by atoms with van der Waals surface area (Å²) in [4.78, 5) is 30.4. The smallest absolute Gasteiger partial charge is 0.303 e. The molecule has 6 nitrogen and oxygen atoms in total. The summed E-state index contributed by atoms with van der Waals surface area (Å²) in [6.07, 6.45) is 3.86. The summed E-state index contributed by atoms with van der Waals surface area (Å²) in [6, 6.07) is 4.58. The fraction of sp³-hybridized carbons (Fsp3) is 0.522. The second-order valence-corrected chi connectivity index (χ2v) is 8.66.